The number of anilines is 3. The third-order valence-corrected chi connectivity index (χ3v) is 12.0. The molecule has 0 fully saturated rings. The van der Waals surface area contributed by atoms with Crippen LogP contribution in [-0.2, 0) is 0 Å². The lowest BCUT2D eigenvalue weighted by Gasteiger charge is -2.29. The molecule has 11 aromatic rings. The van der Waals surface area contributed by atoms with Crippen LogP contribution in [-0.4, -0.2) is 4.57 Å². The molecule has 2 heteroatoms. The summed E-state index contributed by atoms with van der Waals surface area (Å²) in [4.78, 5) is 2.42. The van der Waals surface area contributed by atoms with E-state index in [4.69, 9.17) is 0 Å². The van der Waals surface area contributed by atoms with Gasteiger partial charge in [0.05, 0.1) is 22.4 Å². The van der Waals surface area contributed by atoms with E-state index in [1.54, 1.807) is 0 Å². The number of para-hydroxylation sites is 3. The fourth-order valence-electron chi connectivity index (χ4n) is 9.10. The standard InChI is InChI=1S/C60H42N2/c1-5-19-43(20-6-1)44-33-35-47(36-34-44)53-29-15-17-31-57(53)62-58-32-18-16-30-54(58)55-39-38-50(42-60(55)62)61(49-25-11-4-12-26-49)59-40-37-48(41-56(59)46-23-9-3-10-24-46)52-28-14-13-27-51(52)45-21-7-2-8-22-45/h1-42H. The molecule has 0 saturated heterocycles. The van der Waals surface area contributed by atoms with E-state index in [0.717, 1.165) is 39.4 Å². The van der Waals surface area contributed by atoms with Gasteiger partial charge in [0.15, 0.2) is 0 Å². The van der Waals surface area contributed by atoms with Crippen LogP contribution in [0.25, 0.3) is 83.1 Å². The molecule has 0 aliphatic carbocycles. The number of rotatable bonds is 9. The van der Waals surface area contributed by atoms with Gasteiger partial charge in [0.25, 0.3) is 0 Å². The molecule has 292 valence electrons. The summed E-state index contributed by atoms with van der Waals surface area (Å²) in [6.45, 7) is 0. The molecule has 0 unspecified atom stereocenters. The molecular formula is C60H42N2. The van der Waals surface area contributed by atoms with Crippen molar-refractivity contribution in [2.45, 2.75) is 0 Å². The van der Waals surface area contributed by atoms with Crippen molar-refractivity contribution in [3.8, 4) is 61.3 Å². The maximum Gasteiger partial charge on any atom is 0.0562 e. The summed E-state index contributed by atoms with van der Waals surface area (Å²) in [7, 11) is 0. The Balaban J connectivity index is 1.11. The lowest BCUT2D eigenvalue weighted by atomic mass is 9.91. The maximum absolute atomic E-state index is 2.46. The zero-order valence-corrected chi connectivity index (χ0v) is 34.1. The predicted molar refractivity (Wildman–Crippen MR) is 263 cm³/mol. The Hall–Kier alpha value is -8.20. The Kier molecular flexibility index (Phi) is 9.57. The minimum Gasteiger partial charge on any atom is -0.310 e. The van der Waals surface area contributed by atoms with E-state index in [0.29, 0.717) is 0 Å². The monoisotopic (exact) mass is 790 g/mol. The van der Waals surface area contributed by atoms with Crippen LogP contribution in [0.3, 0.4) is 0 Å². The Morgan fingerprint density at radius 3 is 1.42 bits per heavy atom. The van der Waals surface area contributed by atoms with Crippen LogP contribution in [0.2, 0.25) is 0 Å². The van der Waals surface area contributed by atoms with Gasteiger partial charge in [-0.15, -0.1) is 0 Å². The fraction of sp³-hybridized carbons (Fsp3) is 0. The van der Waals surface area contributed by atoms with Gasteiger partial charge in [-0.2, -0.15) is 0 Å². The summed E-state index contributed by atoms with van der Waals surface area (Å²) in [5.74, 6) is 0. The highest BCUT2D eigenvalue weighted by Gasteiger charge is 2.22. The van der Waals surface area contributed by atoms with E-state index in [-0.39, 0.29) is 0 Å². The normalized spacial score (nSPS) is 11.2. The molecule has 0 spiro atoms. The van der Waals surface area contributed by atoms with Crippen LogP contribution in [0.1, 0.15) is 0 Å². The molecule has 2 nitrogen and oxygen atoms in total. The average Bonchev–Trinajstić information content (AvgIpc) is 3.69. The van der Waals surface area contributed by atoms with E-state index >= 15 is 0 Å². The van der Waals surface area contributed by atoms with Crippen molar-refractivity contribution >= 4 is 38.9 Å². The first-order chi connectivity index (χ1) is 30.8. The molecule has 1 heterocycles. The lowest BCUT2D eigenvalue weighted by Crippen LogP contribution is -2.11. The first-order valence-electron chi connectivity index (χ1n) is 21.3. The number of nitrogens with zero attached hydrogens (tertiary/aromatic N) is 2. The second-order valence-corrected chi connectivity index (χ2v) is 15.7. The molecule has 0 bridgehead atoms. The van der Waals surface area contributed by atoms with E-state index in [9.17, 15) is 0 Å². The molecule has 0 aliphatic rings. The molecular weight excluding hydrogens is 749 g/mol. The second-order valence-electron chi connectivity index (χ2n) is 15.7. The largest absolute Gasteiger partial charge is 0.310 e. The van der Waals surface area contributed by atoms with Gasteiger partial charge in [0, 0.05) is 33.3 Å². The van der Waals surface area contributed by atoms with Crippen molar-refractivity contribution in [2.24, 2.45) is 0 Å². The van der Waals surface area contributed by atoms with Gasteiger partial charge in [-0.1, -0.05) is 206 Å². The molecule has 0 amide bonds. The van der Waals surface area contributed by atoms with Crippen LogP contribution >= 0.6 is 0 Å². The quantitative estimate of drug-likeness (QED) is 0.141. The highest BCUT2D eigenvalue weighted by Crippen LogP contribution is 2.46. The lowest BCUT2D eigenvalue weighted by molar-refractivity contribution is 1.18. The van der Waals surface area contributed by atoms with E-state index in [1.165, 1.54) is 60.8 Å². The van der Waals surface area contributed by atoms with Crippen molar-refractivity contribution in [3.63, 3.8) is 0 Å². The highest BCUT2D eigenvalue weighted by atomic mass is 15.1. The van der Waals surface area contributed by atoms with Crippen molar-refractivity contribution in [1.82, 2.24) is 4.57 Å². The van der Waals surface area contributed by atoms with Gasteiger partial charge in [-0.25, -0.2) is 0 Å². The van der Waals surface area contributed by atoms with E-state index in [2.05, 4.69) is 264 Å². The SMILES string of the molecule is c1ccc(-c2ccc(-c3ccccc3-n3c4ccccc4c4ccc(N(c5ccccc5)c5ccc(-c6ccccc6-c6ccccc6)cc5-c5ccccc5)cc43)cc2)cc1. The number of fused-ring (bicyclic) bond motifs is 3. The second kappa shape index (κ2) is 16.1. The molecule has 0 saturated carbocycles. The molecule has 0 atom stereocenters. The van der Waals surface area contributed by atoms with E-state index in [1.807, 2.05) is 0 Å². The molecule has 10 aromatic carbocycles. The molecule has 1 aromatic heterocycles. The van der Waals surface area contributed by atoms with Crippen LogP contribution in [0.15, 0.2) is 255 Å². The number of hydrogen-bond acceptors (Lipinski definition) is 1. The van der Waals surface area contributed by atoms with Gasteiger partial charge < -0.3 is 9.47 Å². The third-order valence-electron chi connectivity index (χ3n) is 12.0. The average molecular weight is 791 g/mol. The zero-order chi connectivity index (χ0) is 41.2. The van der Waals surface area contributed by atoms with Crippen molar-refractivity contribution in [3.05, 3.63) is 255 Å². The van der Waals surface area contributed by atoms with Crippen LogP contribution < -0.4 is 4.90 Å². The van der Waals surface area contributed by atoms with Crippen molar-refractivity contribution in [1.29, 1.82) is 0 Å². The van der Waals surface area contributed by atoms with Crippen molar-refractivity contribution < 1.29 is 0 Å². The Bertz CT molecular complexity index is 3310. The van der Waals surface area contributed by atoms with Gasteiger partial charge in [0.1, 0.15) is 0 Å². The smallest absolute Gasteiger partial charge is 0.0562 e. The molecule has 0 aliphatic heterocycles. The molecule has 62 heavy (non-hydrogen) atoms. The summed E-state index contributed by atoms with van der Waals surface area (Å²) in [5, 5.41) is 2.43. The minimum absolute atomic E-state index is 1.08. The molecule has 0 N–H and O–H groups in total. The van der Waals surface area contributed by atoms with Gasteiger partial charge >= 0.3 is 0 Å². The van der Waals surface area contributed by atoms with Crippen molar-refractivity contribution in [2.75, 3.05) is 4.90 Å². The summed E-state index contributed by atoms with van der Waals surface area (Å²) >= 11 is 0. The van der Waals surface area contributed by atoms with Crippen LogP contribution in [0.4, 0.5) is 17.1 Å². The first-order valence-corrected chi connectivity index (χ1v) is 21.3. The maximum atomic E-state index is 2.46. The topological polar surface area (TPSA) is 8.17 Å². The van der Waals surface area contributed by atoms with Gasteiger partial charge in [0.2, 0.25) is 0 Å². The molecule has 0 radical (unpaired) electrons. The van der Waals surface area contributed by atoms with E-state index < -0.39 is 0 Å². The number of benzene rings is 10. The summed E-state index contributed by atoms with van der Waals surface area (Å²) in [6.07, 6.45) is 0. The third kappa shape index (κ3) is 6.74. The fourth-order valence-corrected chi connectivity index (χ4v) is 9.10. The van der Waals surface area contributed by atoms with Gasteiger partial charge in [-0.05, 0) is 93.0 Å². The Morgan fingerprint density at radius 1 is 0.258 bits per heavy atom. The zero-order valence-electron chi connectivity index (χ0n) is 34.1. The van der Waals surface area contributed by atoms with Gasteiger partial charge in [-0.3, -0.25) is 0 Å². The van der Waals surface area contributed by atoms with Crippen LogP contribution in [0.5, 0.6) is 0 Å². The first kappa shape index (κ1) is 36.8. The summed E-state index contributed by atoms with van der Waals surface area (Å²) < 4.78 is 2.46. The Labute approximate surface area is 362 Å². The minimum atomic E-state index is 1.08. The predicted octanol–water partition coefficient (Wildman–Crippen LogP) is 16.6. The summed E-state index contributed by atoms with van der Waals surface area (Å²) in [6, 6.07) is 92.1. The summed E-state index contributed by atoms with van der Waals surface area (Å²) in [5.41, 5.74) is 18.6. The Morgan fingerprint density at radius 2 is 0.726 bits per heavy atom. The number of aromatic nitrogens is 1. The van der Waals surface area contributed by atoms with Crippen LogP contribution in [0, 0.1) is 0 Å². The molecule has 11 rings (SSSR count). The number of hydrogen-bond donors (Lipinski definition) is 0. The highest BCUT2D eigenvalue weighted by molar-refractivity contribution is 6.11.